The van der Waals surface area contributed by atoms with Gasteiger partial charge in [-0.1, -0.05) is 30.3 Å². The maximum absolute atomic E-state index is 13.6. The number of Topliss-reactive ketones (excluding diaryl/α,β-unsaturated/α-hetero) is 2. The van der Waals surface area contributed by atoms with Crippen LogP contribution in [0.2, 0.25) is 0 Å². The van der Waals surface area contributed by atoms with Gasteiger partial charge in [-0.25, -0.2) is 0 Å². The van der Waals surface area contributed by atoms with Crippen LogP contribution in [0.5, 0.6) is 5.75 Å². The Morgan fingerprint density at radius 2 is 1.71 bits per heavy atom. The summed E-state index contributed by atoms with van der Waals surface area (Å²) in [6.07, 6.45) is 0.0201. The first kappa shape index (κ1) is 22.8. The smallest absolute Gasteiger partial charge is 0.255 e. The monoisotopic (exact) mass is 477 g/mol. The van der Waals surface area contributed by atoms with Gasteiger partial charge < -0.3 is 31.3 Å². The van der Waals surface area contributed by atoms with Crippen LogP contribution in [0.15, 0.2) is 59.1 Å². The topological polar surface area (TPSA) is 178 Å². The minimum Gasteiger partial charge on any atom is -0.511 e. The molecule has 180 valence electrons. The molecule has 0 aliphatic heterocycles. The zero-order valence-electron chi connectivity index (χ0n) is 18.5. The minimum absolute atomic E-state index is 0.0367. The van der Waals surface area contributed by atoms with Gasteiger partial charge in [0.05, 0.1) is 12.2 Å². The number of hydrogen-bond donors (Lipinski definition) is 6. The zero-order valence-corrected chi connectivity index (χ0v) is 18.5. The molecule has 35 heavy (non-hydrogen) atoms. The van der Waals surface area contributed by atoms with Gasteiger partial charge in [-0.2, -0.15) is 0 Å². The Morgan fingerprint density at radius 3 is 2.34 bits per heavy atom. The van der Waals surface area contributed by atoms with Gasteiger partial charge in [0.15, 0.2) is 11.4 Å². The van der Waals surface area contributed by atoms with Crippen molar-refractivity contribution in [2.24, 2.45) is 17.6 Å². The second kappa shape index (κ2) is 7.79. The Morgan fingerprint density at radius 1 is 1.03 bits per heavy atom. The molecule has 3 aliphatic rings. The first-order valence-electron chi connectivity index (χ1n) is 11.1. The molecular weight excluding hydrogens is 454 g/mol. The van der Waals surface area contributed by atoms with Gasteiger partial charge >= 0.3 is 0 Å². The average molecular weight is 477 g/mol. The lowest BCUT2D eigenvalue weighted by Gasteiger charge is -2.45. The Bertz CT molecular complexity index is 1370. The van der Waals surface area contributed by atoms with Crippen molar-refractivity contribution in [1.29, 1.82) is 0 Å². The molecule has 3 aliphatic carbocycles. The molecule has 2 aromatic carbocycles. The van der Waals surface area contributed by atoms with E-state index in [1.165, 1.54) is 6.07 Å². The summed E-state index contributed by atoms with van der Waals surface area (Å²) in [5.41, 5.74) is 4.31. The molecule has 2 aromatic rings. The lowest BCUT2D eigenvalue weighted by molar-refractivity contribution is -0.144. The van der Waals surface area contributed by atoms with Gasteiger partial charge in [0, 0.05) is 17.9 Å². The van der Waals surface area contributed by atoms with E-state index < -0.39 is 52.0 Å². The van der Waals surface area contributed by atoms with Crippen LogP contribution >= 0.6 is 0 Å². The van der Waals surface area contributed by atoms with E-state index in [0.717, 1.165) is 5.56 Å². The number of fused-ring (bicyclic) bond motifs is 3. The first-order chi connectivity index (χ1) is 16.6. The molecular formula is C26H23NO8. The van der Waals surface area contributed by atoms with E-state index in [1.807, 2.05) is 0 Å². The number of phenols is 1. The predicted molar refractivity (Wildman–Crippen MR) is 122 cm³/mol. The van der Waals surface area contributed by atoms with Crippen molar-refractivity contribution in [3.05, 3.63) is 75.8 Å². The number of phenolic OH excluding ortho intramolecular Hbond substituents is 1. The number of aromatic hydroxyl groups is 1. The number of allylic oxidation sites excluding steroid dienone is 2. The maximum atomic E-state index is 13.6. The predicted octanol–water partition coefficient (Wildman–Crippen LogP) is 1.74. The molecule has 0 bridgehead atoms. The quantitative estimate of drug-likeness (QED) is 0.362. The van der Waals surface area contributed by atoms with Gasteiger partial charge in [0.1, 0.15) is 22.8 Å². The number of aliphatic hydroxyl groups is 4. The normalized spacial score (nSPS) is 25.8. The van der Waals surface area contributed by atoms with Gasteiger partial charge in [0.2, 0.25) is 5.78 Å². The van der Waals surface area contributed by atoms with Crippen molar-refractivity contribution in [3.63, 3.8) is 0 Å². The van der Waals surface area contributed by atoms with E-state index in [0.29, 0.717) is 16.7 Å². The van der Waals surface area contributed by atoms with Crippen LogP contribution in [0.4, 0.5) is 0 Å². The van der Waals surface area contributed by atoms with E-state index in [1.54, 1.807) is 30.3 Å². The number of hydrogen-bond acceptors (Lipinski definition) is 8. The minimum atomic E-state index is -2.58. The van der Waals surface area contributed by atoms with Crippen molar-refractivity contribution in [2.75, 3.05) is 0 Å². The number of benzene rings is 2. The second-order valence-corrected chi connectivity index (χ2v) is 9.25. The summed E-state index contributed by atoms with van der Waals surface area (Å²) < 4.78 is 0. The van der Waals surface area contributed by atoms with Crippen molar-refractivity contribution in [1.82, 2.24) is 0 Å². The fourth-order valence-corrected chi connectivity index (χ4v) is 5.68. The van der Waals surface area contributed by atoms with E-state index in [-0.39, 0.29) is 42.8 Å². The highest BCUT2D eigenvalue weighted by atomic mass is 16.3. The molecule has 9 nitrogen and oxygen atoms in total. The summed E-state index contributed by atoms with van der Waals surface area (Å²) in [6, 6.07) is 10.1. The van der Waals surface area contributed by atoms with Gasteiger partial charge in [-0.3, -0.25) is 14.4 Å². The number of aliphatic hydroxyl groups excluding tert-OH is 3. The maximum Gasteiger partial charge on any atom is 0.255 e. The fraction of sp³-hybridized carbons (Fsp3) is 0.269. The van der Waals surface area contributed by atoms with Crippen LogP contribution in [0.1, 0.15) is 34.3 Å². The van der Waals surface area contributed by atoms with E-state index in [4.69, 9.17) is 5.73 Å². The third kappa shape index (κ3) is 3.12. The van der Waals surface area contributed by atoms with Crippen molar-refractivity contribution in [2.45, 2.75) is 31.5 Å². The Balaban J connectivity index is 1.66. The van der Waals surface area contributed by atoms with Crippen LogP contribution < -0.4 is 5.73 Å². The van der Waals surface area contributed by atoms with Crippen molar-refractivity contribution < 1.29 is 39.9 Å². The van der Waals surface area contributed by atoms with Crippen LogP contribution in [-0.4, -0.2) is 48.6 Å². The standard InChI is InChI=1S/C26H23NO8/c27-25(34)21-18(30)9-14-7-13-8-16-15(12-3-1-11(10-28)2-4-12)5-6-17(29)20(16)22(31)19(13)23(32)26(14,35)24(21)33/h1-6,13-14,28-30,32,35H,7-10H2,(H2,27,34)/t13-,14+,26+/m1/s1. The molecule has 0 heterocycles. The molecule has 9 heteroatoms. The van der Waals surface area contributed by atoms with Crippen molar-refractivity contribution in [3.8, 4) is 16.9 Å². The molecule has 0 radical (unpaired) electrons. The van der Waals surface area contributed by atoms with Crippen molar-refractivity contribution >= 4 is 17.5 Å². The number of primary amides is 1. The molecule has 0 saturated heterocycles. The van der Waals surface area contributed by atoms with E-state index in [9.17, 15) is 39.9 Å². The van der Waals surface area contributed by atoms with Gasteiger partial charge in [-0.05, 0) is 47.1 Å². The molecule has 7 N–H and O–H groups in total. The molecule has 0 saturated carbocycles. The number of ketones is 2. The number of carbonyl (C=O) groups is 3. The van der Waals surface area contributed by atoms with Gasteiger partial charge in [-0.15, -0.1) is 0 Å². The summed E-state index contributed by atoms with van der Waals surface area (Å²) in [4.78, 5) is 38.3. The number of carbonyl (C=O) groups excluding carboxylic acids is 3. The van der Waals surface area contributed by atoms with E-state index in [2.05, 4.69) is 0 Å². The molecule has 0 fully saturated rings. The number of nitrogens with two attached hydrogens (primary N) is 1. The zero-order chi connectivity index (χ0) is 25.2. The third-order valence-electron chi connectivity index (χ3n) is 7.39. The molecule has 0 spiro atoms. The summed E-state index contributed by atoms with van der Waals surface area (Å²) >= 11 is 0. The lowest BCUT2D eigenvalue weighted by Crippen LogP contribution is -2.57. The fourth-order valence-electron chi connectivity index (χ4n) is 5.68. The summed E-state index contributed by atoms with van der Waals surface area (Å²) in [5, 5.41) is 52.5. The SMILES string of the molecule is NC(=O)C1=C(O)C[C@@H]2C[C@@H]3Cc4c(-c5ccc(CO)cc5)ccc(O)c4C(=O)C3=C(O)[C@]2(O)C1=O. The highest BCUT2D eigenvalue weighted by Gasteiger charge is 2.59. The Kier molecular flexibility index (Phi) is 5.08. The first-order valence-corrected chi connectivity index (χ1v) is 11.1. The van der Waals surface area contributed by atoms with Crippen LogP contribution in [0.3, 0.4) is 0 Å². The average Bonchev–Trinajstić information content (AvgIpc) is 2.81. The van der Waals surface area contributed by atoms with Gasteiger partial charge in [0.25, 0.3) is 5.91 Å². The highest BCUT2D eigenvalue weighted by Crippen LogP contribution is 2.52. The summed E-state index contributed by atoms with van der Waals surface area (Å²) in [6.45, 7) is -0.121. The molecule has 1 amide bonds. The molecule has 0 unspecified atom stereocenters. The molecule has 5 rings (SSSR count). The lowest BCUT2D eigenvalue weighted by atomic mass is 9.60. The molecule has 0 aromatic heterocycles. The largest absolute Gasteiger partial charge is 0.511 e. The summed E-state index contributed by atoms with van der Waals surface area (Å²) in [5.74, 6) is -6.53. The van der Waals surface area contributed by atoms with Crippen LogP contribution in [0.25, 0.3) is 11.1 Å². The van der Waals surface area contributed by atoms with E-state index >= 15 is 0 Å². The third-order valence-corrected chi connectivity index (χ3v) is 7.39. The summed E-state index contributed by atoms with van der Waals surface area (Å²) in [7, 11) is 0. The highest BCUT2D eigenvalue weighted by molar-refractivity contribution is 6.24. The Labute approximate surface area is 199 Å². The number of amides is 1. The Hall–Kier alpha value is -3.95. The second-order valence-electron chi connectivity index (χ2n) is 9.25. The van der Waals surface area contributed by atoms with Crippen LogP contribution in [0, 0.1) is 11.8 Å². The molecule has 3 atom stereocenters. The van der Waals surface area contributed by atoms with Crippen LogP contribution in [-0.2, 0) is 22.6 Å². The number of rotatable bonds is 3.